The highest BCUT2D eigenvalue weighted by Gasteiger charge is 2.04. The van der Waals surface area contributed by atoms with Crippen molar-refractivity contribution < 1.29 is 19.1 Å². The summed E-state index contributed by atoms with van der Waals surface area (Å²) in [6, 6.07) is 0. The molecule has 0 atom stereocenters. The number of unbranched alkanes of at least 4 members (excludes halogenated alkanes) is 1. The highest BCUT2D eigenvalue weighted by molar-refractivity contribution is 5.87. The van der Waals surface area contributed by atoms with E-state index in [2.05, 4.69) is 14.5 Å². The smallest absolute Gasteiger partial charge is 0.390 e. The van der Waals surface area contributed by atoms with Gasteiger partial charge < -0.3 is 15.2 Å². The van der Waals surface area contributed by atoms with Gasteiger partial charge in [-0.3, -0.25) is 9.59 Å². The molecule has 0 aliphatic heterocycles. The van der Waals surface area contributed by atoms with Gasteiger partial charge in [-0.15, -0.1) is 4.99 Å². The minimum Gasteiger partial charge on any atom is -0.454 e. The van der Waals surface area contributed by atoms with Crippen LogP contribution in [0.3, 0.4) is 0 Å². The van der Waals surface area contributed by atoms with Crippen LogP contribution in [0.5, 0.6) is 0 Å². The van der Waals surface area contributed by atoms with Crippen LogP contribution in [-0.2, 0) is 19.1 Å². The Kier molecular flexibility index (Phi) is 6.96. The number of nitrogens with zero attached hydrogens (tertiary/aromatic N) is 1. The molecule has 0 fully saturated rings. The van der Waals surface area contributed by atoms with Gasteiger partial charge in [0.05, 0.1) is 14.2 Å². The number of rotatable bonds is 5. The van der Waals surface area contributed by atoms with E-state index < -0.39 is 0 Å². The van der Waals surface area contributed by atoms with Crippen LogP contribution in [-0.4, -0.2) is 32.1 Å². The van der Waals surface area contributed by atoms with E-state index >= 15 is 0 Å². The molecule has 0 unspecified atom stereocenters. The monoisotopic (exact) mass is 216 g/mol. The Morgan fingerprint density at radius 3 is 2.13 bits per heavy atom. The fourth-order valence-electron chi connectivity index (χ4n) is 0.908. The third-order valence-electron chi connectivity index (χ3n) is 1.63. The maximum Gasteiger partial charge on any atom is 0.390 e. The van der Waals surface area contributed by atoms with Crippen LogP contribution < -0.4 is 5.73 Å². The van der Waals surface area contributed by atoms with E-state index in [1.54, 1.807) is 0 Å². The summed E-state index contributed by atoms with van der Waals surface area (Å²) in [4.78, 5) is 25.1. The number of aliphatic imine (C=N–C) groups is 1. The van der Waals surface area contributed by atoms with Crippen molar-refractivity contribution in [2.24, 2.45) is 10.7 Å². The van der Waals surface area contributed by atoms with Crippen LogP contribution in [0, 0.1) is 0 Å². The molecule has 2 N–H and O–H groups in total. The van der Waals surface area contributed by atoms with Crippen LogP contribution >= 0.6 is 0 Å². The molecule has 0 aromatic rings. The molecule has 0 heterocycles. The zero-order valence-electron chi connectivity index (χ0n) is 8.99. The zero-order chi connectivity index (χ0) is 11.7. The highest BCUT2D eigenvalue weighted by atomic mass is 16.7. The Morgan fingerprint density at radius 2 is 1.67 bits per heavy atom. The van der Waals surface area contributed by atoms with E-state index in [0.717, 1.165) is 0 Å². The maximum absolute atomic E-state index is 11.2. The molecule has 6 nitrogen and oxygen atoms in total. The van der Waals surface area contributed by atoms with Crippen LogP contribution in [0.4, 0.5) is 0 Å². The van der Waals surface area contributed by atoms with Crippen LogP contribution in [0.25, 0.3) is 0 Å². The molecule has 15 heavy (non-hydrogen) atoms. The van der Waals surface area contributed by atoms with Gasteiger partial charge in [0.15, 0.2) is 0 Å². The number of carbonyl (C=O) groups is 2. The van der Waals surface area contributed by atoms with Gasteiger partial charge in [-0.2, -0.15) is 0 Å². The van der Waals surface area contributed by atoms with Crippen molar-refractivity contribution in [2.45, 2.75) is 25.7 Å². The van der Waals surface area contributed by atoms with Gasteiger partial charge in [-0.25, -0.2) is 0 Å². The molecule has 0 bridgehead atoms. The van der Waals surface area contributed by atoms with E-state index in [1.165, 1.54) is 14.2 Å². The van der Waals surface area contributed by atoms with E-state index in [-0.39, 0.29) is 24.3 Å². The second kappa shape index (κ2) is 7.78. The van der Waals surface area contributed by atoms with Crippen LogP contribution in [0.15, 0.2) is 4.99 Å². The molecule has 86 valence electrons. The standard InChI is InChI=1S/C9H16N2O4/c1-14-9(15-2)11-8(13)6-4-3-5-7(10)12/h3-6H2,1-2H3,(H2,10,12). The second-order valence-corrected chi connectivity index (χ2v) is 2.85. The average Bonchev–Trinajstić information content (AvgIpc) is 2.20. The predicted octanol–water partition coefficient (Wildman–Crippen LogP) is 0.207. The third kappa shape index (κ3) is 7.48. The molecule has 0 aliphatic carbocycles. The Bertz CT molecular complexity index is 244. The van der Waals surface area contributed by atoms with Gasteiger partial charge in [0.25, 0.3) is 5.91 Å². The summed E-state index contributed by atoms with van der Waals surface area (Å²) in [6.45, 7) is 0. The topological polar surface area (TPSA) is 91.0 Å². The lowest BCUT2D eigenvalue weighted by Gasteiger charge is -2.00. The van der Waals surface area contributed by atoms with Gasteiger partial charge in [0, 0.05) is 12.8 Å². The summed E-state index contributed by atoms with van der Waals surface area (Å²) in [5.41, 5.74) is 4.94. The number of hydrogen-bond donors (Lipinski definition) is 1. The molecule has 0 aromatic carbocycles. The molecule has 2 amide bonds. The van der Waals surface area contributed by atoms with Gasteiger partial charge in [-0.05, 0) is 12.8 Å². The van der Waals surface area contributed by atoms with E-state index in [1.807, 2.05) is 0 Å². The van der Waals surface area contributed by atoms with Crippen molar-refractivity contribution in [2.75, 3.05) is 14.2 Å². The number of carbonyl (C=O) groups excluding carboxylic acids is 2. The molecule has 0 aliphatic rings. The number of methoxy groups -OCH3 is 2. The molecule has 0 saturated heterocycles. The Hall–Kier alpha value is -1.59. The van der Waals surface area contributed by atoms with Gasteiger partial charge in [0.2, 0.25) is 5.91 Å². The minimum atomic E-state index is -0.361. The summed E-state index contributed by atoms with van der Waals surface area (Å²) >= 11 is 0. The van der Waals surface area contributed by atoms with E-state index in [9.17, 15) is 9.59 Å². The first-order chi connectivity index (χ1) is 7.10. The van der Waals surface area contributed by atoms with Crippen molar-refractivity contribution in [3.05, 3.63) is 0 Å². The lowest BCUT2D eigenvalue weighted by atomic mass is 10.2. The normalized spacial score (nSPS) is 9.20. The van der Waals surface area contributed by atoms with E-state index in [4.69, 9.17) is 5.73 Å². The maximum atomic E-state index is 11.2. The molecule has 0 rings (SSSR count). The molecular weight excluding hydrogens is 200 g/mol. The quantitative estimate of drug-likeness (QED) is 0.404. The SMILES string of the molecule is COC(=NC(=O)CCCCC(N)=O)OC. The Balaban J connectivity index is 3.74. The Morgan fingerprint density at radius 1 is 1.13 bits per heavy atom. The van der Waals surface area contributed by atoms with Crippen LogP contribution in [0.1, 0.15) is 25.7 Å². The van der Waals surface area contributed by atoms with Crippen LogP contribution in [0.2, 0.25) is 0 Å². The summed E-state index contributed by atoms with van der Waals surface area (Å²) in [6.07, 6.45) is 1.65. The van der Waals surface area contributed by atoms with Gasteiger partial charge in [0.1, 0.15) is 0 Å². The summed E-state index contributed by atoms with van der Waals surface area (Å²) in [5, 5.41) is 0. The van der Waals surface area contributed by atoms with E-state index in [0.29, 0.717) is 19.3 Å². The number of primary amides is 1. The Labute approximate surface area is 88.4 Å². The fourth-order valence-corrected chi connectivity index (χ4v) is 0.908. The highest BCUT2D eigenvalue weighted by Crippen LogP contribution is 2.01. The van der Waals surface area contributed by atoms with Crippen molar-refractivity contribution in [3.63, 3.8) is 0 Å². The predicted molar refractivity (Wildman–Crippen MR) is 54.1 cm³/mol. The lowest BCUT2D eigenvalue weighted by Crippen LogP contribution is -2.10. The lowest BCUT2D eigenvalue weighted by molar-refractivity contribution is -0.119. The first-order valence-electron chi connectivity index (χ1n) is 4.58. The first kappa shape index (κ1) is 13.4. The summed E-state index contributed by atoms with van der Waals surface area (Å²) in [7, 11) is 2.73. The number of nitrogens with two attached hydrogens (primary N) is 1. The van der Waals surface area contributed by atoms with Crippen molar-refractivity contribution in [1.29, 1.82) is 0 Å². The first-order valence-corrected chi connectivity index (χ1v) is 4.58. The molecular formula is C9H16N2O4. The van der Waals surface area contributed by atoms with Gasteiger partial charge >= 0.3 is 6.08 Å². The minimum absolute atomic E-state index is 0.0603. The molecule has 0 aromatic heterocycles. The molecule has 6 heteroatoms. The number of amides is 2. The second-order valence-electron chi connectivity index (χ2n) is 2.85. The van der Waals surface area contributed by atoms with Crippen molar-refractivity contribution in [3.8, 4) is 0 Å². The third-order valence-corrected chi connectivity index (χ3v) is 1.63. The number of ether oxygens (including phenoxy) is 2. The molecule has 0 radical (unpaired) electrons. The largest absolute Gasteiger partial charge is 0.454 e. The molecule has 0 spiro atoms. The number of hydrogen-bond acceptors (Lipinski definition) is 4. The zero-order valence-corrected chi connectivity index (χ0v) is 8.99. The summed E-state index contributed by atoms with van der Waals surface area (Å²) in [5.74, 6) is -0.696. The summed E-state index contributed by atoms with van der Waals surface area (Å²) < 4.78 is 9.29. The fraction of sp³-hybridized carbons (Fsp3) is 0.667. The molecule has 0 saturated carbocycles. The van der Waals surface area contributed by atoms with Crippen molar-refractivity contribution >= 4 is 17.9 Å². The van der Waals surface area contributed by atoms with Crippen molar-refractivity contribution in [1.82, 2.24) is 0 Å². The average molecular weight is 216 g/mol. The van der Waals surface area contributed by atoms with Gasteiger partial charge in [-0.1, -0.05) is 0 Å².